The minimum Gasteiger partial charge on any atom is -0.494 e. The number of anilines is 1. The first kappa shape index (κ1) is 23.0. The number of carbonyl (C=O) groups excluding carboxylic acids is 1. The largest absolute Gasteiger partial charge is 0.494 e. The molecule has 0 bridgehead atoms. The van der Waals surface area contributed by atoms with Crippen LogP contribution in [0.4, 0.5) is 23.2 Å². The van der Waals surface area contributed by atoms with Crippen LogP contribution in [0.2, 0.25) is 0 Å². The first-order valence-corrected chi connectivity index (χ1v) is 9.77. The van der Waals surface area contributed by atoms with Crippen LogP contribution in [0.3, 0.4) is 0 Å². The van der Waals surface area contributed by atoms with Gasteiger partial charge in [-0.05, 0) is 55.1 Å². The molecule has 0 saturated heterocycles. The van der Waals surface area contributed by atoms with Crippen LogP contribution in [-0.4, -0.2) is 18.9 Å². The van der Waals surface area contributed by atoms with Gasteiger partial charge >= 0.3 is 0 Å². The Kier molecular flexibility index (Phi) is 8.33. The summed E-state index contributed by atoms with van der Waals surface area (Å²) in [6, 6.07) is 10.8. The monoisotopic (exact) mass is 430 g/mol. The highest BCUT2D eigenvalue weighted by molar-refractivity contribution is 7.97. The second-order valence-corrected chi connectivity index (χ2v) is 7.25. The van der Waals surface area contributed by atoms with Gasteiger partial charge in [0.05, 0.1) is 7.11 Å². The molecule has 0 aliphatic heterocycles. The highest BCUT2D eigenvalue weighted by Crippen LogP contribution is 2.37. The standard InChI is InChI=1S/C13H16F2N2OS.C7H6F2O/c14-13(15)6-2-3-9(8-13)12(18)17-10-4-1-5-11(7-10)19-16;1-10-6-4-2-3-5(8)7(6)9/h1,4-5,7,9H,2-3,6,8,16H2,(H,17,18);2-4H,1H3. The lowest BCUT2D eigenvalue weighted by Crippen LogP contribution is -2.33. The van der Waals surface area contributed by atoms with E-state index in [1.54, 1.807) is 18.2 Å². The summed E-state index contributed by atoms with van der Waals surface area (Å²) in [7, 11) is 1.29. The van der Waals surface area contributed by atoms with Crippen molar-refractivity contribution in [3.05, 3.63) is 54.1 Å². The highest BCUT2D eigenvalue weighted by atomic mass is 32.2. The van der Waals surface area contributed by atoms with E-state index in [2.05, 4.69) is 10.1 Å². The molecule has 158 valence electrons. The first-order valence-electron chi connectivity index (χ1n) is 8.89. The molecule has 29 heavy (non-hydrogen) atoms. The van der Waals surface area contributed by atoms with Crippen molar-refractivity contribution in [1.82, 2.24) is 0 Å². The fourth-order valence-corrected chi connectivity index (χ4v) is 3.28. The maximum absolute atomic E-state index is 13.3. The average Bonchev–Trinajstić information content (AvgIpc) is 2.70. The van der Waals surface area contributed by atoms with Crippen molar-refractivity contribution in [2.45, 2.75) is 36.5 Å². The molecule has 0 radical (unpaired) electrons. The molecule has 0 spiro atoms. The van der Waals surface area contributed by atoms with Crippen molar-refractivity contribution in [1.29, 1.82) is 0 Å². The van der Waals surface area contributed by atoms with Crippen LogP contribution in [0, 0.1) is 17.6 Å². The van der Waals surface area contributed by atoms with Crippen LogP contribution in [0.5, 0.6) is 5.75 Å². The minimum absolute atomic E-state index is 0.0694. The van der Waals surface area contributed by atoms with E-state index in [1.807, 2.05) is 6.07 Å². The molecule has 1 saturated carbocycles. The number of rotatable bonds is 4. The van der Waals surface area contributed by atoms with E-state index >= 15 is 0 Å². The Labute approximate surface area is 170 Å². The smallest absolute Gasteiger partial charge is 0.248 e. The van der Waals surface area contributed by atoms with Crippen LogP contribution < -0.4 is 15.2 Å². The molecule has 1 unspecified atom stereocenters. The Morgan fingerprint density at radius 2 is 1.97 bits per heavy atom. The summed E-state index contributed by atoms with van der Waals surface area (Å²) in [4.78, 5) is 12.8. The normalized spacial score (nSPS) is 17.7. The maximum Gasteiger partial charge on any atom is 0.248 e. The number of hydrogen-bond donors (Lipinski definition) is 2. The fourth-order valence-electron chi connectivity index (χ4n) is 2.93. The fraction of sp³-hybridized carbons (Fsp3) is 0.350. The maximum atomic E-state index is 13.3. The lowest BCUT2D eigenvalue weighted by molar-refractivity contribution is -0.127. The number of amides is 1. The number of carbonyl (C=O) groups is 1. The molecule has 0 heterocycles. The van der Waals surface area contributed by atoms with Gasteiger partial charge in [-0.3, -0.25) is 9.93 Å². The summed E-state index contributed by atoms with van der Waals surface area (Å²) in [5.74, 6) is -5.56. The summed E-state index contributed by atoms with van der Waals surface area (Å²) in [5, 5.41) is 8.12. The van der Waals surface area contributed by atoms with Gasteiger partial charge in [-0.25, -0.2) is 13.2 Å². The topological polar surface area (TPSA) is 64.3 Å². The van der Waals surface area contributed by atoms with Crippen molar-refractivity contribution < 1.29 is 27.1 Å². The number of alkyl halides is 2. The van der Waals surface area contributed by atoms with Crippen LogP contribution >= 0.6 is 11.9 Å². The van der Waals surface area contributed by atoms with Crippen LogP contribution in [-0.2, 0) is 4.79 Å². The van der Waals surface area contributed by atoms with Crippen LogP contribution in [0.15, 0.2) is 47.4 Å². The van der Waals surface area contributed by atoms with Gasteiger partial charge in [0.25, 0.3) is 0 Å². The molecule has 2 aromatic rings. The Morgan fingerprint density at radius 3 is 2.59 bits per heavy atom. The molecule has 9 heteroatoms. The summed E-state index contributed by atoms with van der Waals surface area (Å²) in [5.41, 5.74) is 0.592. The van der Waals surface area contributed by atoms with Gasteiger partial charge in [-0.15, -0.1) is 0 Å². The predicted octanol–water partition coefficient (Wildman–Crippen LogP) is 5.39. The summed E-state index contributed by atoms with van der Waals surface area (Å²) >= 11 is 1.07. The Bertz CT molecular complexity index is 836. The van der Waals surface area contributed by atoms with E-state index in [1.165, 1.54) is 19.2 Å². The minimum atomic E-state index is -2.71. The van der Waals surface area contributed by atoms with E-state index in [4.69, 9.17) is 5.14 Å². The molecule has 1 aliphatic carbocycles. The number of methoxy groups -OCH3 is 1. The number of nitrogens with two attached hydrogens (primary N) is 1. The van der Waals surface area contributed by atoms with Gasteiger partial charge < -0.3 is 10.1 Å². The van der Waals surface area contributed by atoms with Gasteiger partial charge in [-0.2, -0.15) is 4.39 Å². The summed E-state index contributed by atoms with van der Waals surface area (Å²) in [6.07, 6.45) is 0.441. The average molecular weight is 430 g/mol. The lowest BCUT2D eigenvalue weighted by atomic mass is 9.86. The molecule has 3 rings (SSSR count). The third-order valence-corrected chi connectivity index (χ3v) is 4.91. The highest BCUT2D eigenvalue weighted by Gasteiger charge is 2.39. The van der Waals surface area contributed by atoms with E-state index in [0.717, 1.165) is 22.9 Å². The summed E-state index contributed by atoms with van der Waals surface area (Å²) < 4.78 is 55.9. The quantitative estimate of drug-likeness (QED) is 0.504. The molecule has 1 fully saturated rings. The molecule has 4 nitrogen and oxygen atoms in total. The van der Waals surface area contributed by atoms with Crippen molar-refractivity contribution in [2.24, 2.45) is 11.1 Å². The number of halogens is 4. The molecule has 1 amide bonds. The third-order valence-electron chi connectivity index (χ3n) is 4.38. The van der Waals surface area contributed by atoms with Crippen molar-refractivity contribution in [2.75, 3.05) is 12.4 Å². The number of benzene rings is 2. The van der Waals surface area contributed by atoms with E-state index in [9.17, 15) is 22.4 Å². The number of ether oxygens (including phenoxy) is 1. The predicted molar refractivity (Wildman–Crippen MR) is 105 cm³/mol. The number of nitrogens with one attached hydrogen (secondary N) is 1. The zero-order valence-electron chi connectivity index (χ0n) is 15.8. The van der Waals surface area contributed by atoms with E-state index < -0.39 is 23.5 Å². The molecule has 1 aliphatic rings. The summed E-state index contributed by atoms with van der Waals surface area (Å²) in [6.45, 7) is 0. The van der Waals surface area contributed by atoms with Crippen LogP contribution in [0.1, 0.15) is 25.7 Å². The second kappa shape index (κ2) is 10.5. The zero-order chi connectivity index (χ0) is 21.4. The molecular formula is C20H22F4N2O2S. The van der Waals surface area contributed by atoms with Crippen molar-refractivity contribution >= 4 is 23.5 Å². The first-order chi connectivity index (χ1) is 13.8. The second-order valence-electron chi connectivity index (χ2n) is 6.54. The lowest BCUT2D eigenvalue weighted by Gasteiger charge is -2.28. The Balaban J connectivity index is 0.000000253. The van der Waals surface area contributed by atoms with Gasteiger partial charge in [0.1, 0.15) is 0 Å². The molecule has 3 N–H and O–H groups in total. The van der Waals surface area contributed by atoms with Gasteiger partial charge in [0.15, 0.2) is 11.6 Å². The number of hydrogen-bond acceptors (Lipinski definition) is 4. The Morgan fingerprint density at radius 1 is 1.24 bits per heavy atom. The Hall–Kier alpha value is -2.26. The van der Waals surface area contributed by atoms with E-state index in [-0.39, 0.29) is 24.5 Å². The SMILES string of the molecule is COc1cccc(F)c1F.NSc1cccc(NC(=O)C2CCCC(F)(F)C2)c1. The van der Waals surface area contributed by atoms with Crippen molar-refractivity contribution in [3.8, 4) is 5.75 Å². The zero-order valence-corrected chi connectivity index (χ0v) is 16.6. The van der Waals surface area contributed by atoms with Gasteiger partial charge in [0, 0.05) is 29.3 Å². The molecule has 1 atom stereocenters. The van der Waals surface area contributed by atoms with Gasteiger partial charge in [-0.1, -0.05) is 12.1 Å². The van der Waals surface area contributed by atoms with Crippen LogP contribution in [0.25, 0.3) is 0 Å². The molecular weight excluding hydrogens is 408 g/mol. The molecule has 0 aromatic heterocycles. The third kappa shape index (κ3) is 6.93. The van der Waals surface area contributed by atoms with E-state index in [0.29, 0.717) is 18.5 Å². The van der Waals surface area contributed by atoms with Crippen molar-refractivity contribution in [3.63, 3.8) is 0 Å². The molecule has 2 aromatic carbocycles. The van der Waals surface area contributed by atoms with Gasteiger partial charge in [0.2, 0.25) is 17.6 Å².